The molecule has 0 radical (unpaired) electrons. The molecular formula is C18H21F2N3O2S. The number of nitrogens with zero attached hydrogens (tertiary/aromatic N) is 1. The summed E-state index contributed by atoms with van der Waals surface area (Å²) in [5, 5.41) is 7.87. The maximum absolute atomic E-state index is 13.9. The molecular weight excluding hydrogens is 360 g/mol. The smallest absolute Gasteiger partial charge is 0.270 e. The van der Waals surface area contributed by atoms with Crippen molar-refractivity contribution in [3.8, 4) is 10.6 Å². The van der Waals surface area contributed by atoms with E-state index in [1.54, 1.807) is 7.11 Å². The van der Waals surface area contributed by atoms with Gasteiger partial charge in [-0.05, 0) is 38.1 Å². The molecule has 0 unspecified atom stereocenters. The Morgan fingerprint density at radius 1 is 1.35 bits per heavy atom. The lowest BCUT2D eigenvalue weighted by molar-refractivity contribution is 0.0511. The second-order valence-electron chi connectivity index (χ2n) is 6.50. The zero-order valence-electron chi connectivity index (χ0n) is 14.5. The van der Waals surface area contributed by atoms with Crippen molar-refractivity contribution >= 4 is 17.2 Å². The fraction of sp³-hybridized carbons (Fsp3) is 0.444. The van der Waals surface area contributed by atoms with Gasteiger partial charge in [0.2, 0.25) is 0 Å². The molecule has 0 saturated carbocycles. The fourth-order valence-electron chi connectivity index (χ4n) is 3.19. The first-order valence-electron chi connectivity index (χ1n) is 8.42. The number of nitrogens with one attached hydrogen (secondary N) is 2. The van der Waals surface area contributed by atoms with Gasteiger partial charge in [-0.25, -0.2) is 13.8 Å². The largest absolute Gasteiger partial charge is 0.384 e. The van der Waals surface area contributed by atoms with Gasteiger partial charge >= 0.3 is 0 Å². The number of halogens is 2. The molecule has 1 aromatic carbocycles. The second-order valence-corrected chi connectivity index (χ2v) is 7.36. The molecule has 1 aromatic heterocycles. The number of carbonyl (C=O) groups excluding carboxylic acids is 1. The minimum Gasteiger partial charge on any atom is -0.384 e. The molecule has 1 amide bonds. The quantitative estimate of drug-likeness (QED) is 0.808. The summed E-state index contributed by atoms with van der Waals surface area (Å²) in [6, 6.07) is 3.64. The number of rotatable bonds is 6. The Morgan fingerprint density at radius 3 is 2.69 bits per heavy atom. The van der Waals surface area contributed by atoms with Gasteiger partial charge in [0.1, 0.15) is 22.3 Å². The van der Waals surface area contributed by atoms with Crippen molar-refractivity contribution in [2.24, 2.45) is 5.41 Å². The van der Waals surface area contributed by atoms with Gasteiger partial charge in [0.15, 0.2) is 0 Å². The number of hydrogen-bond acceptors (Lipinski definition) is 5. The van der Waals surface area contributed by atoms with E-state index in [2.05, 4.69) is 15.6 Å². The van der Waals surface area contributed by atoms with E-state index in [0.29, 0.717) is 13.2 Å². The Hall–Kier alpha value is -1.90. The molecule has 0 aliphatic carbocycles. The number of aromatic nitrogens is 1. The SMILES string of the molecule is COCC1(CNC(=O)c2csc(-c3c(F)cccc3F)n2)CCNCC1. The highest BCUT2D eigenvalue weighted by atomic mass is 32.1. The number of hydrogen-bond donors (Lipinski definition) is 2. The number of ether oxygens (including phenoxy) is 1. The monoisotopic (exact) mass is 381 g/mol. The van der Waals surface area contributed by atoms with Gasteiger partial charge in [0, 0.05) is 24.4 Å². The van der Waals surface area contributed by atoms with Crippen LogP contribution in [0.4, 0.5) is 8.78 Å². The number of carbonyl (C=O) groups is 1. The first-order chi connectivity index (χ1) is 12.5. The van der Waals surface area contributed by atoms with E-state index in [9.17, 15) is 13.6 Å². The fourth-order valence-corrected chi connectivity index (χ4v) is 4.04. The van der Waals surface area contributed by atoms with Gasteiger partial charge in [0.25, 0.3) is 5.91 Å². The molecule has 1 fully saturated rings. The molecule has 1 aliphatic rings. The van der Waals surface area contributed by atoms with Crippen molar-refractivity contribution in [3.63, 3.8) is 0 Å². The van der Waals surface area contributed by atoms with Crippen LogP contribution >= 0.6 is 11.3 Å². The molecule has 0 atom stereocenters. The third-order valence-electron chi connectivity index (χ3n) is 4.65. The molecule has 2 aromatic rings. The van der Waals surface area contributed by atoms with Gasteiger partial charge in [0.05, 0.1) is 12.2 Å². The molecule has 0 bridgehead atoms. The van der Waals surface area contributed by atoms with E-state index in [0.717, 1.165) is 37.3 Å². The average Bonchev–Trinajstić information content (AvgIpc) is 3.10. The number of thiazole rings is 1. The van der Waals surface area contributed by atoms with Crippen LogP contribution in [-0.2, 0) is 4.74 Å². The molecule has 2 N–H and O–H groups in total. The highest BCUT2D eigenvalue weighted by molar-refractivity contribution is 7.13. The molecule has 1 saturated heterocycles. The van der Waals surface area contributed by atoms with Crippen molar-refractivity contribution in [2.75, 3.05) is 33.4 Å². The van der Waals surface area contributed by atoms with Crippen LogP contribution in [0.3, 0.4) is 0 Å². The predicted octanol–water partition coefficient (Wildman–Crippen LogP) is 2.83. The first kappa shape index (κ1) is 18.9. The van der Waals surface area contributed by atoms with Crippen LogP contribution in [-0.4, -0.2) is 44.2 Å². The highest BCUT2D eigenvalue weighted by Gasteiger charge is 2.32. The Morgan fingerprint density at radius 2 is 2.04 bits per heavy atom. The standard InChI is InChI=1S/C18H21F2N3O2S/c1-25-11-18(5-7-21-8-6-18)10-22-16(24)14-9-26-17(23-14)15-12(19)3-2-4-13(15)20/h2-4,9,21H,5-8,10-11H2,1H3,(H,22,24). The van der Waals surface area contributed by atoms with E-state index in [1.807, 2.05) is 0 Å². The predicted molar refractivity (Wildman–Crippen MR) is 96.2 cm³/mol. The van der Waals surface area contributed by atoms with Crippen molar-refractivity contribution in [2.45, 2.75) is 12.8 Å². The van der Waals surface area contributed by atoms with Crippen LogP contribution in [0.5, 0.6) is 0 Å². The van der Waals surface area contributed by atoms with E-state index < -0.39 is 11.6 Å². The topological polar surface area (TPSA) is 63.2 Å². The number of piperidine rings is 1. The Labute approximate surface area is 154 Å². The van der Waals surface area contributed by atoms with Crippen LogP contribution in [0, 0.1) is 17.0 Å². The Bertz CT molecular complexity index is 750. The summed E-state index contributed by atoms with van der Waals surface area (Å²) in [6.07, 6.45) is 1.81. The zero-order valence-corrected chi connectivity index (χ0v) is 15.3. The lowest BCUT2D eigenvalue weighted by Gasteiger charge is -2.37. The first-order valence-corrected chi connectivity index (χ1v) is 9.30. The van der Waals surface area contributed by atoms with Crippen molar-refractivity contribution in [1.82, 2.24) is 15.6 Å². The molecule has 26 heavy (non-hydrogen) atoms. The Kier molecular flexibility index (Phi) is 5.95. The van der Waals surface area contributed by atoms with Crippen molar-refractivity contribution < 1.29 is 18.3 Å². The third-order valence-corrected chi connectivity index (χ3v) is 5.51. The van der Waals surface area contributed by atoms with Gasteiger partial charge in [-0.3, -0.25) is 4.79 Å². The Balaban J connectivity index is 1.70. The number of methoxy groups -OCH3 is 1. The van der Waals surface area contributed by atoms with Gasteiger partial charge in [-0.1, -0.05) is 6.07 Å². The lowest BCUT2D eigenvalue weighted by Crippen LogP contribution is -2.47. The second kappa shape index (κ2) is 8.20. The summed E-state index contributed by atoms with van der Waals surface area (Å²) in [5.74, 6) is -1.74. The molecule has 2 heterocycles. The van der Waals surface area contributed by atoms with Gasteiger partial charge in [-0.2, -0.15) is 0 Å². The molecule has 8 heteroatoms. The van der Waals surface area contributed by atoms with Crippen LogP contribution in [0.25, 0.3) is 10.6 Å². The normalized spacial score (nSPS) is 16.4. The van der Waals surface area contributed by atoms with Crippen LogP contribution in [0.1, 0.15) is 23.3 Å². The minimum atomic E-state index is -0.694. The van der Waals surface area contributed by atoms with Crippen molar-refractivity contribution in [1.29, 1.82) is 0 Å². The van der Waals surface area contributed by atoms with E-state index in [4.69, 9.17) is 4.74 Å². The average molecular weight is 381 g/mol. The van der Waals surface area contributed by atoms with Crippen LogP contribution < -0.4 is 10.6 Å². The maximum atomic E-state index is 13.9. The summed E-state index contributed by atoms with van der Waals surface area (Å²) in [6.45, 7) is 2.80. The highest BCUT2D eigenvalue weighted by Crippen LogP contribution is 2.30. The summed E-state index contributed by atoms with van der Waals surface area (Å²) >= 11 is 1.04. The third kappa shape index (κ3) is 4.08. The zero-order chi connectivity index (χ0) is 18.6. The molecule has 1 aliphatic heterocycles. The van der Waals surface area contributed by atoms with Crippen LogP contribution in [0.15, 0.2) is 23.6 Å². The summed E-state index contributed by atoms with van der Waals surface area (Å²) in [5.41, 5.74) is -0.147. The molecule has 5 nitrogen and oxygen atoms in total. The van der Waals surface area contributed by atoms with E-state index in [-0.39, 0.29) is 27.6 Å². The summed E-state index contributed by atoms with van der Waals surface area (Å²) < 4.78 is 33.1. The van der Waals surface area contributed by atoms with Crippen LogP contribution in [0.2, 0.25) is 0 Å². The van der Waals surface area contributed by atoms with E-state index >= 15 is 0 Å². The van der Waals surface area contributed by atoms with Gasteiger partial charge < -0.3 is 15.4 Å². The summed E-state index contributed by atoms with van der Waals surface area (Å²) in [7, 11) is 1.65. The molecule has 0 spiro atoms. The minimum absolute atomic E-state index is 0.105. The number of amides is 1. The number of benzene rings is 1. The van der Waals surface area contributed by atoms with Gasteiger partial charge in [-0.15, -0.1) is 11.3 Å². The maximum Gasteiger partial charge on any atom is 0.270 e. The molecule has 140 valence electrons. The summed E-state index contributed by atoms with van der Waals surface area (Å²) in [4.78, 5) is 16.6. The molecule has 3 rings (SSSR count). The van der Waals surface area contributed by atoms with E-state index in [1.165, 1.54) is 23.6 Å². The lowest BCUT2D eigenvalue weighted by atomic mass is 9.79. The van der Waals surface area contributed by atoms with Crippen molar-refractivity contribution in [3.05, 3.63) is 40.9 Å².